The van der Waals surface area contributed by atoms with E-state index in [1.54, 1.807) is 19.1 Å². The normalized spacial score (nSPS) is 11.9. The van der Waals surface area contributed by atoms with Gasteiger partial charge in [-0.05, 0) is 58.9 Å². The molecule has 0 amide bonds. The molecule has 0 aliphatic heterocycles. The third kappa shape index (κ3) is 4.71. The summed E-state index contributed by atoms with van der Waals surface area (Å²) in [6.45, 7) is 8.11. The number of benzene rings is 3. The molecule has 3 rings (SSSR count). The molecule has 0 fully saturated rings. The van der Waals surface area contributed by atoms with Gasteiger partial charge in [0.15, 0.2) is 0 Å². The van der Waals surface area contributed by atoms with E-state index in [0.29, 0.717) is 11.3 Å². The maximum atomic E-state index is 12.7. The van der Waals surface area contributed by atoms with Crippen molar-refractivity contribution in [2.24, 2.45) is 0 Å². The molecule has 0 saturated heterocycles. The number of sulfonamides is 1. The largest absolute Gasteiger partial charge is 0.478 e. The number of carbonyl (C=O) groups is 1. The second-order valence-electron chi connectivity index (χ2n) is 8.29. The highest BCUT2D eigenvalue weighted by molar-refractivity contribution is 7.92. The maximum Gasteiger partial charge on any atom is 0.335 e. The number of aryl methyl sites for hydroxylation is 1. The van der Waals surface area contributed by atoms with Crippen LogP contribution >= 0.6 is 0 Å². The van der Waals surface area contributed by atoms with Gasteiger partial charge in [-0.2, -0.15) is 0 Å². The van der Waals surface area contributed by atoms with Gasteiger partial charge in [-0.3, -0.25) is 4.72 Å². The Hall–Kier alpha value is -3.12. The molecule has 0 aliphatic rings. The average Bonchev–Trinajstić information content (AvgIpc) is 2.67. The monoisotopic (exact) mass is 423 g/mol. The molecule has 0 saturated carbocycles. The predicted octanol–water partition coefficient (Wildman–Crippen LogP) is 5.46. The van der Waals surface area contributed by atoms with Gasteiger partial charge in [-0.15, -0.1) is 0 Å². The quantitative estimate of drug-likeness (QED) is 0.571. The van der Waals surface area contributed by atoms with Crippen molar-refractivity contribution in [1.29, 1.82) is 0 Å². The molecule has 0 heterocycles. The van der Waals surface area contributed by atoms with Gasteiger partial charge in [0.2, 0.25) is 0 Å². The summed E-state index contributed by atoms with van der Waals surface area (Å²) < 4.78 is 27.8. The molecule has 3 aromatic carbocycles. The van der Waals surface area contributed by atoms with Crippen molar-refractivity contribution < 1.29 is 18.3 Å². The van der Waals surface area contributed by atoms with Gasteiger partial charge in [0.25, 0.3) is 10.0 Å². The fourth-order valence-electron chi connectivity index (χ4n) is 3.11. The van der Waals surface area contributed by atoms with Gasteiger partial charge in [0, 0.05) is 5.69 Å². The molecule has 0 atom stereocenters. The van der Waals surface area contributed by atoms with Crippen molar-refractivity contribution >= 4 is 21.7 Å². The summed E-state index contributed by atoms with van der Waals surface area (Å²) in [4.78, 5) is 11.2. The van der Waals surface area contributed by atoms with Crippen LogP contribution in [0.4, 0.5) is 5.69 Å². The van der Waals surface area contributed by atoms with Crippen LogP contribution in [0.3, 0.4) is 0 Å². The zero-order valence-electron chi connectivity index (χ0n) is 17.4. The first-order chi connectivity index (χ1) is 14.0. The fourth-order valence-corrected chi connectivity index (χ4v) is 4.19. The molecular formula is C24H25NO4S. The van der Waals surface area contributed by atoms with E-state index in [2.05, 4.69) is 49.8 Å². The lowest BCUT2D eigenvalue weighted by Crippen LogP contribution is -2.14. The Labute approximate surface area is 177 Å². The van der Waals surface area contributed by atoms with Crippen molar-refractivity contribution in [3.8, 4) is 11.1 Å². The van der Waals surface area contributed by atoms with E-state index in [1.165, 1.54) is 23.8 Å². The second kappa shape index (κ2) is 7.95. The number of rotatable bonds is 5. The van der Waals surface area contributed by atoms with Crippen molar-refractivity contribution in [1.82, 2.24) is 0 Å². The molecule has 30 heavy (non-hydrogen) atoms. The van der Waals surface area contributed by atoms with E-state index in [1.807, 2.05) is 12.1 Å². The number of hydrogen-bond acceptors (Lipinski definition) is 3. The molecule has 0 spiro atoms. The summed E-state index contributed by atoms with van der Waals surface area (Å²) in [5, 5.41) is 9.23. The smallest absolute Gasteiger partial charge is 0.335 e. The molecule has 6 heteroatoms. The van der Waals surface area contributed by atoms with Crippen molar-refractivity contribution in [2.45, 2.75) is 38.0 Å². The molecule has 0 aromatic heterocycles. The standard InChI is InChI=1S/C24H25NO4S/c1-16-5-14-21(15-22(16)23(26)27)30(28,29)25-20-12-8-18(9-13-20)17-6-10-19(11-7-17)24(2,3)4/h5-15,25H,1-4H3,(H,26,27). The Morgan fingerprint density at radius 3 is 1.90 bits per heavy atom. The second-order valence-corrected chi connectivity index (χ2v) is 9.97. The summed E-state index contributed by atoms with van der Waals surface area (Å²) in [5.41, 5.74) is 4.22. The van der Waals surface area contributed by atoms with Crippen LogP contribution in [0.2, 0.25) is 0 Å². The topological polar surface area (TPSA) is 83.5 Å². The highest BCUT2D eigenvalue weighted by Gasteiger charge is 2.18. The maximum absolute atomic E-state index is 12.7. The summed E-state index contributed by atoms with van der Waals surface area (Å²) in [6, 6.07) is 19.5. The third-order valence-electron chi connectivity index (χ3n) is 4.97. The van der Waals surface area contributed by atoms with Crippen LogP contribution in [0.15, 0.2) is 71.6 Å². The van der Waals surface area contributed by atoms with Gasteiger partial charge in [-0.1, -0.05) is 63.2 Å². The molecule has 156 valence electrons. The van der Waals surface area contributed by atoms with Crippen LogP contribution in [0.1, 0.15) is 42.3 Å². The molecule has 2 N–H and O–H groups in total. The lowest BCUT2D eigenvalue weighted by Gasteiger charge is -2.19. The predicted molar refractivity (Wildman–Crippen MR) is 120 cm³/mol. The molecular weight excluding hydrogens is 398 g/mol. The minimum Gasteiger partial charge on any atom is -0.478 e. The Bertz CT molecular complexity index is 1170. The minimum atomic E-state index is -3.90. The minimum absolute atomic E-state index is 0.0353. The summed E-state index contributed by atoms with van der Waals surface area (Å²) in [6.07, 6.45) is 0. The van der Waals surface area contributed by atoms with Gasteiger partial charge in [-0.25, -0.2) is 13.2 Å². The summed E-state index contributed by atoms with van der Waals surface area (Å²) in [5.74, 6) is -1.16. The van der Waals surface area contributed by atoms with Crippen LogP contribution in [0.5, 0.6) is 0 Å². The Kier molecular flexibility index (Phi) is 5.72. The first-order valence-electron chi connectivity index (χ1n) is 9.55. The van der Waals surface area contributed by atoms with Crippen molar-refractivity contribution in [3.05, 3.63) is 83.4 Å². The molecule has 0 aliphatic carbocycles. The Morgan fingerprint density at radius 2 is 1.40 bits per heavy atom. The third-order valence-corrected chi connectivity index (χ3v) is 6.35. The zero-order valence-corrected chi connectivity index (χ0v) is 18.2. The summed E-state index contributed by atoms with van der Waals surface area (Å²) in [7, 11) is -3.90. The first kappa shape index (κ1) is 21.6. The first-order valence-corrected chi connectivity index (χ1v) is 11.0. The van der Waals surface area contributed by atoms with Crippen LogP contribution < -0.4 is 4.72 Å². The molecule has 0 unspecified atom stereocenters. The SMILES string of the molecule is Cc1ccc(S(=O)(=O)Nc2ccc(-c3ccc(C(C)(C)C)cc3)cc2)cc1C(=O)O. The lowest BCUT2D eigenvalue weighted by molar-refractivity contribution is 0.0696. The van der Waals surface area contributed by atoms with Crippen LogP contribution in [0, 0.1) is 6.92 Å². The molecule has 5 nitrogen and oxygen atoms in total. The highest BCUT2D eigenvalue weighted by atomic mass is 32.2. The van der Waals surface area contributed by atoms with E-state index in [0.717, 1.165) is 11.1 Å². The molecule has 3 aromatic rings. The number of carboxylic acids is 1. The fraction of sp³-hybridized carbons (Fsp3) is 0.208. The van der Waals surface area contributed by atoms with E-state index in [9.17, 15) is 18.3 Å². The number of nitrogens with one attached hydrogen (secondary N) is 1. The van der Waals surface area contributed by atoms with Gasteiger partial charge in [0.05, 0.1) is 10.5 Å². The van der Waals surface area contributed by atoms with E-state index >= 15 is 0 Å². The van der Waals surface area contributed by atoms with E-state index in [-0.39, 0.29) is 15.9 Å². The molecule has 0 radical (unpaired) electrons. The van der Waals surface area contributed by atoms with Gasteiger partial charge in [0.1, 0.15) is 0 Å². The number of aromatic carboxylic acids is 1. The van der Waals surface area contributed by atoms with Crippen LogP contribution in [-0.4, -0.2) is 19.5 Å². The Morgan fingerprint density at radius 1 is 0.867 bits per heavy atom. The van der Waals surface area contributed by atoms with Crippen LogP contribution in [0.25, 0.3) is 11.1 Å². The Balaban J connectivity index is 1.81. The average molecular weight is 424 g/mol. The zero-order chi connectivity index (χ0) is 22.1. The molecule has 0 bridgehead atoms. The highest BCUT2D eigenvalue weighted by Crippen LogP contribution is 2.27. The van der Waals surface area contributed by atoms with E-state index < -0.39 is 16.0 Å². The van der Waals surface area contributed by atoms with E-state index in [4.69, 9.17) is 0 Å². The van der Waals surface area contributed by atoms with Crippen molar-refractivity contribution in [2.75, 3.05) is 4.72 Å². The van der Waals surface area contributed by atoms with Gasteiger partial charge < -0.3 is 5.11 Å². The number of carboxylic acid groups (broad SMARTS) is 1. The van der Waals surface area contributed by atoms with Crippen LogP contribution in [-0.2, 0) is 15.4 Å². The number of hydrogen-bond donors (Lipinski definition) is 2. The number of anilines is 1. The lowest BCUT2D eigenvalue weighted by atomic mass is 9.86. The summed E-state index contributed by atoms with van der Waals surface area (Å²) >= 11 is 0. The van der Waals surface area contributed by atoms with Crippen molar-refractivity contribution in [3.63, 3.8) is 0 Å². The van der Waals surface area contributed by atoms with Gasteiger partial charge >= 0.3 is 5.97 Å².